The standard InChI is InChI=1S/C27H23BrN4O3S2/c1-2-35-20-8-6-19(7-9-20)32-26(34)23(30-27(32)36)12-17-15-31(24-10-5-18(28)13-22(17)24)16-25(33)29-14-21-4-3-11-37-21/h3-13,15H,2,14,16H2,1H3,(H,29,33)(H,30,36)/b23-12-. The number of nitrogens with one attached hydrogen (secondary N) is 2. The second kappa shape index (κ2) is 10.9. The summed E-state index contributed by atoms with van der Waals surface area (Å²) in [5.74, 6) is 0.384. The third kappa shape index (κ3) is 5.46. The van der Waals surface area contributed by atoms with E-state index in [0.29, 0.717) is 29.6 Å². The summed E-state index contributed by atoms with van der Waals surface area (Å²) in [5, 5.41) is 9.21. The molecule has 2 amide bonds. The lowest BCUT2D eigenvalue weighted by Crippen LogP contribution is -2.30. The first-order chi connectivity index (χ1) is 17.9. The third-order valence-corrected chi connectivity index (χ3v) is 7.47. The molecule has 1 saturated heterocycles. The first-order valence-corrected chi connectivity index (χ1v) is 13.7. The lowest BCUT2D eigenvalue weighted by molar-refractivity contribution is -0.121. The number of aromatic nitrogens is 1. The smallest absolute Gasteiger partial charge is 0.281 e. The summed E-state index contributed by atoms with van der Waals surface area (Å²) in [6.07, 6.45) is 3.66. The largest absolute Gasteiger partial charge is 0.494 e. The molecule has 1 aliphatic heterocycles. The van der Waals surface area contributed by atoms with Crippen molar-refractivity contribution in [3.8, 4) is 5.75 Å². The van der Waals surface area contributed by atoms with Gasteiger partial charge in [-0.25, -0.2) is 0 Å². The molecule has 0 saturated carbocycles. The molecule has 2 N–H and O–H groups in total. The highest BCUT2D eigenvalue weighted by molar-refractivity contribution is 9.10. The van der Waals surface area contributed by atoms with Crippen molar-refractivity contribution in [3.63, 3.8) is 0 Å². The molecule has 0 radical (unpaired) electrons. The van der Waals surface area contributed by atoms with E-state index in [1.54, 1.807) is 29.5 Å². The number of carbonyl (C=O) groups is 2. The number of amides is 2. The zero-order chi connectivity index (χ0) is 25.9. The van der Waals surface area contributed by atoms with Crippen molar-refractivity contribution in [1.29, 1.82) is 0 Å². The summed E-state index contributed by atoms with van der Waals surface area (Å²) in [6.45, 7) is 3.14. The number of ether oxygens (including phenoxy) is 1. The van der Waals surface area contributed by atoms with Crippen LogP contribution in [0.1, 0.15) is 17.4 Å². The van der Waals surface area contributed by atoms with E-state index in [1.807, 2.05) is 65.5 Å². The van der Waals surface area contributed by atoms with Gasteiger partial charge < -0.3 is 19.9 Å². The SMILES string of the molecule is CCOc1ccc(N2C(=O)/C(=C/c3cn(CC(=O)NCc4cccs4)c4ccc(Br)cc34)NC2=S)cc1. The normalized spacial score (nSPS) is 14.4. The van der Waals surface area contributed by atoms with E-state index >= 15 is 0 Å². The van der Waals surface area contributed by atoms with Crippen molar-refractivity contribution in [1.82, 2.24) is 15.2 Å². The Morgan fingerprint density at radius 2 is 2.03 bits per heavy atom. The molecule has 0 bridgehead atoms. The third-order valence-electron chi connectivity index (χ3n) is 5.81. The van der Waals surface area contributed by atoms with Gasteiger partial charge in [0.2, 0.25) is 5.91 Å². The van der Waals surface area contributed by atoms with E-state index in [1.165, 1.54) is 4.90 Å². The molecule has 1 fully saturated rings. The number of fused-ring (bicyclic) bond motifs is 1. The van der Waals surface area contributed by atoms with Crippen LogP contribution in [0.4, 0.5) is 5.69 Å². The fourth-order valence-electron chi connectivity index (χ4n) is 4.14. The molecule has 3 heterocycles. The van der Waals surface area contributed by atoms with E-state index in [-0.39, 0.29) is 18.4 Å². The van der Waals surface area contributed by atoms with Gasteiger partial charge in [0.25, 0.3) is 5.91 Å². The Kier molecular flexibility index (Phi) is 7.40. The number of halogens is 1. The zero-order valence-electron chi connectivity index (χ0n) is 19.9. The van der Waals surface area contributed by atoms with Crippen LogP contribution < -0.4 is 20.3 Å². The van der Waals surface area contributed by atoms with Gasteiger partial charge in [-0.05, 0) is 79.1 Å². The molecule has 4 aromatic rings. The molecule has 7 nitrogen and oxygen atoms in total. The molecular weight excluding hydrogens is 572 g/mol. The summed E-state index contributed by atoms with van der Waals surface area (Å²) in [5.41, 5.74) is 2.70. The van der Waals surface area contributed by atoms with Crippen molar-refractivity contribution < 1.29 is 14.3 Å². The van der Waals surface area contributed by atoms with Crippen molar-refractivity contribution in [2.75, 3.05) is 11.5 Å². The lowest BCUT2D eigenvalue weighted by atomic mass is 10.1. The van der Waals surface area contributed by atoms with Gasteiger partial charge in [-0.15, -0.1) is 11.3 Å². The number of thiocarbonyl (C=S) groups is 1. The van der Waals surface area contributed by atoms with Crippen LogP contribution in [-0.2, 0) is 22.7 Å². The number of thiophene rings is 1. The second-order valence-corrected chi connectivity index (χ2v) is 10.6. The van der Waals surface area contributed by atoms with Crippen molar-refractivity contribution in [2.45, 2.75) is 20.0 Å². The number of carbonyl (C=O) groups excluding carboxylic acids is 2. The minimum atomic E-state index is -0.251. The highest BCUT2D eigenvalue weighted by Gasteiger charge is 2.32. The molecule has 0 spiro atoms. The number of nitrogens with zero attached hydrogens (tertiary/aromatic N) is 2. The maximum Gasteiger partial charge on any atom is 0.281 e. The van der Waals surface area contributed by atoms with Crippen LogP contribution in [0.2, 0.25) is 0 Å². The van der Waals surface area contributed by atoms with Crippen LogP contribution in [0.25, 0.3) is 17.0 Å². The highest BCUT2D eigenvalue weighted by atomic mass is 79.9. The average molecular weight is 596 g/mol. The molecule has 188 valence electrons. The fraction of sp³-hybridized carbons (Fsp3) is 0.148. The van der Waals surface area contributed by atoms with Gasteiger partial charge in [0, 0.05) is 32.0 Å². The summed E-state index contributed by atoms with van der Waals surface area (Å²) in [6, 6.07) is 17.0. The van der Waals surface area contributed by atoms with Gasteiger partial charge in [-0.3, -0.25) is 14.5 Å². The maximum absolute atomic E-state index is 13.3. The van der Waals surface area contributed by atoms with Gasteiger partial charge in [-0.2, -0.15) is 0 Å². The van der Waals surface area contributed by atoms with Gasteiger partial charge in [0.15, 0.2) is 5.11 Å². The van der Waals surface area contributed by atoms with Gasteiger partial charge in [0.05, 0.1) is 18.8 Å². The minimum absolute atomic E-state index is 0.0923. The molecule has 2 aromatic heterocycles. The highest BCUT2D eigenvalue weighted by Crippen LogP contribution is 2.29. The molecule has 0 unspecified atom stereocenters. The lowest BCUT2D eigenvalue weighted by Gasteiger charge is -2.14. The molecule has 10 heteroatoms. The predicted octanol–water partition coefficient (Wildman–Crippen LogP) is 5.44. The van der Waals surface area contributed by atoms with E-state index < -0.39 is 0 Å². The Morgan fingerprint density at radius 1 is 1.22 bits per heavy atom. The summed E-state index contributed by atoms with van der Waals surface area (Å²) in [4.78, 5) is 28.6. The Bertz CT molecular complexity index is 1510. The molecule has 2 aromatic carbocycles. The predicted molar refractivity (Wildman–Crippen MR) is 155 cm³/mol. The summed E-state index contributed by atoms with van der Waals surface area (Å²) in [7, 11) is 0. The Hall–Kier alpha value is -3.47. The zero-order valence-corrected chi connectivity index (χ0v) is 23.1. The average Bonchev–Trinajstić information content (AvgIpc) is 3.58. The number of hydrogen-bond acceptors (Lipinski definition) is 5. The van der Waals surface area contributed by atoms with Crippen LogP contribution in [0.3, 0.4) is 0 Å². The quantitative estimate of drug-likeness (QED) is 0.210. The molecule has 0 atom stereocenters. The van der Waals surface area contributed by atoms with Gasteiger partial charge >= 0.3 is 0 Å². The van der Waals surface area contributed by atoms with Crippen molar-refractivity contribution in [3.05, 3.63) is 86.8 Å². The minimum Gasteiger partial charge on any atom is -0.494 e. The van der Waals surface area contributed by atoms with Crippen LogP contribution >= 0.6 is 39.5 Å². The fourth-order valence-corrected chi connectivity index (χ4v) is 5.44. The van der Waals surface area contributed by atoms with Crippen molar-refractivity contribution >= 4 is 79.1 Å². The number of anilines is 1. The molecule has 5 rings (SSSR count). The maximum atomic E-state index is 13.3. The van der Waals surface area contributed by atoms with E-state index in [2.05, 4.69) is 26.6 Å². The number of hydrogen-bond donors (Lipinski definition) is 2. The summed E-state index contributed by atoms with van der Waals surface area (Å²) >= 11 is 10.6. The van der Waals surface area contributed by atoms with Crippen LogP contribution in [0.15, 0.2) is 76.3 Å². The van der Waals surface area contributed by atoms with Crippen LogP contribution in [0.5, 0.6) is 5.75 Å². The Balaban J connectivity index is 1.41. The Morgan fingerprint density at radius 3 is 2.76 bits per heavy atom. The first-order valence-electron chi connectivity index (χ1n) is 11.6. The van der Waals surface area contributed by atoms with Gasteiger partial charge in [0.1, 0.15) is 18.0 Å². The first kappa shape index (κ1) is 25.2. The van der Waals surface area contributed by atoms with Crippen molar-refractivity contribution in [2.24, 2.45) is 0 Å². The van der Waals surface area contributed by atoms with Gasteiger partial charge in [-0.1, -0.05) is 22.0 Å². The molecule has 0 aliphatic carbocycles. The molecular formula is C27H23BrN4O3S2. The summed E-state index contributed by atoms with van der Waals surface area (Å²) < 4.78 is 8.28. The number of rotatable bonds is 8. The Labute approximate surface area is 231 Å². The van der Waals surface area contributed by atoms with Crippen LogP contribution in [0, 0.1) is 0 Å². The monoisotopic (exact) mass is 594 g/mol. The molecule has 37 heavy (non-hydrogen) atoms. The van der Waals surface area contributed by atoms with E-state index in [0.717, 1.165) is 31.6 Å². The van der Waals surface area contributed by atoms with Crippen LogP contribution in [-0.4, -0.2) is 28.1 Å². The van der Waals surface area contributed by atoms with E-state index in [9.17, 15) is 9.59 Å². The van der Waals surface area contributed by atoms with E-state index in [4.69, 9.17) is 17.0 Å². The second-order valence-electron chi connectivity index (χ2n) is 8.29. The molecule has 1 aliphatic rings. The number of benzene rings is 2. The topological polar surface area (TPSA) is 75.6 Å².